The zero-order valence-electron chi connectivity index (χ0n) is 9.69. The zero-order valence-corrected chi connectivity index (χ0v) is 9.69. The number of nitrogens with one attached hydrogen (secondary N) is 1. The van der Waals surface area contributed by atoms with Gasteiger partial charge in [-0.1, -0.05) is 30.3 Å². The molecule has 0 unspecified atom stereocenters. The second-order valence-electron chi connectivity index (χ2n) is 3.64. The fraction of sp³-hybridized carbons (Fsp3) is 0.308. The van der Waals surface area contributed by atoms with Crippen LogP contribution in [0.1, 0.15) is 24.9 Å². The Morgan fingerprint density at radius 2 is 2.06 bits per heavy atom. The Hall–Kier alpha value is -1.77. The maximum Gasteiger partial charge on any atom is 0.179 e. The van der Waals surface area contributed by atoms with Crippen LogP contribution in [0.25, 0.3) is 0 Å². The molecule has 1 rings (SSSR count). The minimum Gasteiger partial charge on any atom is -0.483 e. The molecule has 0 aliphatic heterocycles. The van der Waals surface area contributed by atoms with Gasteiger partial charge < -0.3 is 10.1 Å². The van der Waals surface area contributed by atoms with Crippen molar-refractivity contribution in [3.05, 3.63) is 48.4 Å². The minimum atomic E-state index is -0.0776. The number of Topliss-reactive ketones (excluding diaryl/α,β-unsaturated/α-hetero) is 1. The molecule has 0 aliphatic rings. The molecule has 1 N–H and O–H groups in total. The van der Waals surface area contributed by atoms with E-state index in [0.29, 0.717) is 12.3 Å². The van der Waals surface area contributed by atoms with Gasteiger partial charge in [0.25, 0.3) is 0 Å². The lowest BCUT2D eigenvalue weighted by atomic mass is 10.0. The summed E-state index contributed by atoms with van der Waals surface area (Å²) in [6.45, 7) is 5.28. The molecule has 0 fully saturated rings. The van der Waals surface area contributed by atoms with Crippen molar-refractivity contribution >= 4 is 5.78 Å². The van der Waals surface area contributed by atoms with Gasteiger partial charge >= 0.3 is 0 Å². The predicted octanol–water partition coefficient (Wildman–Crippen LogP) is 2.41. The number of benzene rings is 1. The number of carbonyl (C=O) groups is 1. The van der Waals surface area contributed by atoms with Gasteiger partial charge in [0.1, 0.15) is 5.78 Å². The lowest BCUT2D eigenvalue weighted by molar-refractivity contribution is -0.117. The molecule has 0 aromatic heterocycles. The van der Waals surface area contributed by atoms with Gasteiger partial charge in [-0.3, -0.25) is 4.79 Å². The summed E-state index contributed by atoms with van der Waals surface area (Å²) in [7, 11) is 1.55. The molecule has 0 heterocycles. The number of methoxy groups -OCH3 is 1. The highest BCUT2D eigenvalue weighted by Crippen LogP contribution is 2.18. The molecule has 0 saturated carbocycles. The Morgan fingerprint density at radius 1 is 1.44 bits per heavy atom. The first kappa shape index (κ1) is 12.3. The Bertz CT molecular complexity index is 359. The Balaban J connectivity index is 2.79. The highest BCUT2D eigenvalue weighted by molar-refractivity contribution is 5.76. The summed E-state index contributed by atoms with van der Waals surface area (Å²) in [5.41, 5.74) is 1.05. The third-order valence-corrected chi connectivity index (χ3v) is 2.28. The van der Waals surface area contributed by atoms with E-state index in [4.69, 9.17) is 4.74 Å². The van der Waals surface area contributed by atoms with Gasteiger partial charge in [-0.25, -0.2) is 0 Å². The molecule has 1 atom stereocenters. The van der Waals surface area contributed by atoms with E-state index in [2.05, 4.69) is 11.9 Å². The molecular formula is C13H17NO2. The lowest BCUT2D eigenvalue weighted by Crippen LogP contribution is -2.23. The van der Waals surface area contributed by atoms with Crippen molar-refractivity contribution in [2.24, 2.45) is 0 Å². The normalized spacial score (nSPS) is 11.6. The van der Waals surface area contributed by atoms with Crippen molar-refractivity contribution in [3.8, 4) is 0 Å². The smallest absolute Gasteiger partial charge is 0.179 e. The van der Waals surface area contributed by atoms with E-state index >= 15 is 0 Å². The molecule has 1 aromatic carbocycles. The quantitative estimate of drug-likeness (QED) is 0.747. The molecule has 0 amide bonds. The fourth-order valence-electron chi connectivity index (χ4n) is 1.48. The van der Waals surface area contributed by atoms with Crippen LogP contribution in [0.15, 0.2) is 42.8 Å². The zero-order chi connectivity index (χ0) is 12.0. The predicted molar refractivity (Wildman–Crippen MR) is 63.8 cm³/mol. The van der Waals surface area contributed by atoms with E-state index in [9.17, 15) is 4.79 Å². The monoisotopic (exact) mass is 219 g/mol. The average molecular weight is 219 g/mol. The average Bonchev–Trinajstić information content (AvgIpc) is 2.28. The van der Waals surface area contributed by atoms with Gasteiger partial charge in [-0.2, -0.15) is 0 Å². The van der Waals surface area contributed by atoms with Crippen LogP contribution >= 0.6 is 0 Å². The summed E-state index contributed by atoms with van der Waals surface area (Å²) in [6.07, 6.45) is 0.423. The van der Waals surface area contributed by atoms with E-state index in [-0.39, 0.29) is 11.8 Å². The van der Waals surface area contributed by atoms with Gasteiger partial charge in [-0.05, 0) is 19.1 Å². The Kier molecular flexibility index (Phi) is 4.58. The molecule has 0 aliphatic carbocycles. The number of hydrogen-bond donors (Lipinski definition) is 1. The maximum atomic E-state index is 11.2. The van der Waals surface area contributed by atoms with Crippen LogP contribution in [0.2, 0.25) is 0 Å². The molecular weight excluding hydrogens is 202 g/mol. The largest absolute Gasteiger partial charge is 0.483 e. The number of ether oxygens (including phenoxy) is 1. The van der Waals surface area contributed by atoms with Crippen LogP contribution in [-0.2, 0) is 9.53 Å². The van der Waals surface area contributed by atoms with Gasteiger partial charge in [-0.15, -0.1) is 0 Å². The highest BCUT2D eigenvalue weighted by Gasteiger charge is 2.13. The maximum absolute atomic E-state index is 11.2. The van der Waals surface area contributed by atoms with Crippen LogP contribution < -0.4 is 5.32 Å². The molecule has 3 nitrogen and oxygen atoms in total. The van der Waals surface area contributed by atoms with Crippen molar-refractivity contribution in [2.45, 2.75) is 19.4 Å². The number of hydrogen-bond acceptors (Lipinski definition) is 3. The van der Waals surface area contributed by atoms with E-state index in [1.807, 2.05) is 30.3 Å². The van der Waals surface area contributed by atoms with Gasteiger partial charge in [0.15, 0.2) is 5.88 Å². The SMILES string of the molecule is C=C(N[C@@H](CC(C)=O)c1ccccc1)OC. The Morgan fingerprint density at radius 3 is 2.56 bits per heavy atom. The molecule has 16 heavy (non-hydrogen) atoms. The fourth-order valence-corrected chi connectivity index (χ4v) is 1.48. The molecule has 0 radical (unpaired) electrons. The van der Waals surface area contributed by atoms with Crippen LogP contribution in [0.3, 0.4) is 0 Å². The molecule has 3 heteroatoms. The van der Waals surface area contributed by atoms with Crippen LogP contribution in [0.5, 0.6) is 0 Å². The second-order valence-corrected chi connectivity index (χ2v) is 3.64. The van der Waals surface area contributed by atoms with E-state index < -0.39 is 0 Å². The first-order chi connectivity index (χ1) is 7.63. The molecule has 0 saturated heterocycles. The van der Waals surface area contributed by atoms with E-state index in [0.717, 1.165) is 5.56 Å². The van der Waals surface area contributed by atoms with Crippen LogP contribution in [0.4, 0.5) is 0 Å². The minimum absolute atomic E-state index is 0.0776. The topological polar surface area (TPSA) is 38.3 Å². The number of rotatable bonds is 6. The van der Waals surface area contributed by atoms with Gasteiger partial charge in [0.05, 0.1) is 13.2 Å². The van der Waals surface area contributed by atoms with Crippen molar-refractivity contribution in [1.29, 1.82) is 0 Å². The number of carbonyl (C=O) groups excluding carboxylic acids is 1. The summed E-state index contributed by atoms with van der Waals surface area (Å²) in [5.74, 6) is 0.598. The molecule has 1 aromatic rings. The lowest BCUT2D eigenvalue weighted by Gasteiger charge is -2.19. The van der Waals surface area contributed by atoms with Gasteiger partial charge in [0.2, 0.25) is 0 Å². The Labute approximate surface area is 96.1 Å². The standard InChI is InChI=1S/C13H17NO2/c1-10(15)9-13(14-11(2)16-3)12-7-5-4-6-8-12/h4-8,13-14H,2,9H2,1,3H3/t13-/m0/s1. The first-order valence-corrected chi connectivity index (χ1v) is 5.17. The summed E-state index contributed by atoms with van der Waals surface area (Å²) in [4.78, 5) is 11.2. The number of ketones is 1. The first-order valence-electron chi connectivity index (χ1n) is 5.17. The van der Waals surface area contributed by atoms with E-state index in [1.54, 1.807) is 14.0 Å². The molecule has 0 spiro atoms. The second kappa shape index (κ2) is 5.95. The third-order valence-electron chi connectivity index (χ3n) is 2.28. The van der Waals surface area contributed by atoms with Crippen LogP contribution in [0, 0.1) is 0 Å². The van der Waals surface area contributed by atoms with Crippen molar-refractivity contribution in [3.63, 3.8) is 0 Å². The summed E-state index contributed by atoms with van der Waals surface area (Å²) >= 11 is 0. The molecule has 86 valence electrons. The third kappa shape index (κ3) is 3.77. The van der Waals surface area contributed by atoms with Crippen molar-refractivity contribution in [1.82, 2.24) is 5.32 Å². The van der Waals surface area contributed by atoms with Crippen LogP contribution in [-0.4, -0.2) is 12.9 Å². The van der Waals surface area contributed by atoms with Gasteiger partial charge in [0, 0.05) is 6.42 Å². The molecule has 0 bridgehead atoms. The van der Waals surface area contributed by atoms with E-state index in [1.165, 1.54) is 0 Å². The van der Waals surface area contributed by atoms with Crippen molar-refractivity contribution < 1.29 is 9.53 Å². The van der Waals surface area contributed by atoms with Crippen molar-refractivity contribution in [2.75, 3.05) is 7.11 Å². The highest BCUT2D eigenvalue weighted by atomic mass is 16.5. The summed E-state index contributed by atoms with van der Waals surface area (Å²) in [6, 6.07) is 9.71. The summed E-state index contributed by atoms with van der Waals surface area (Å²) in [5, 5.41) is 3.08. The summed E-state index contributed by atoms with van der Waals surface area (Å²) < 4.78 is 4.97.